The first-order chi connectivity index (χ1) is 19.1. The summed E-state index contributed by atoms with van der Waals surface area (Å²) in [6.07, 6.45) is 3.68. The maximum absolute atomic E-state index is 12.4. The fourth-order valence-corrected chi connectivity index (χ4v) is 5.22. The lowest BCUT2D eigenvalue weighted by Gasteiger charge is -2.19. The van der Waals surface area contributed by atoms with Gasteiger partial charge in [0.1, 0.15) is 11.6 Å². The molecule has 1 aliphatic rings. The van der Waals surface area contributed by atoms with Crippen LogP contribution in [0.3, 0.4) is 0 Å². The fraction of sp³-hybridized carbons (Fsp3) is 0.364. The van der Waals surface area contributed by atoms with Gasteiger partial charge in [0.2, 0.25) is 0 Å². The lowest BCUT2D eigenvalue weighted by atomic mass is 9.87. The highest BCUT2D eigenvalue weighted by atomic mass is 16.5. The first kappa shape index (κ1) is 27.4. The number of aliphatic carboxylic acids is 1. The SMILES string of the molecule is COc1ccc(-c2ccc(CCCc3nn(Cc4ccc(C(C)(C)C)cc4)c(=O)[nH]3)cc2)cc1C1(C(=O)O)CC1. The van der Waals surface area contributed by atoms with E-state index >= 15 is 0 Å². The molecule has 208 valence electrons. The number of rotatable bonds is 10. The van der Waals surface area contributed by atoms with E-state index in [-0.39, 0.29) is 11.1 Å². The lowest BCUT2D eigenvalue weighted by Crippen LogP contribution is -2.20. The number of carboxylic acids is 1. The van der Waals surface area contributed by atoms with Crippen molar-refractivity contribution in [2.45, 2.75) is 70.3 Å². The summed E-state index contributed by atoms with van der Waals surface area (Å²) in [5, 5.41) is 14.3. The number of nitrogens with zero attached hydrogens (tertiary/aromatic N) is 2. The maximum Gasteiger partial charge on any atom is 0.343 e. The van der Waals surface area contributed by atoms with Gasteiger partial charge in [-0.15, -0.1) is 0 Å². The second-order valence-electron chi connectivity index (χ2n) is 11.8. The van der Waals surface area contributed by atoms with Crippen LogP contribution in [0.5, 0.6) is 5.75 Å². The van der Waals surface area contributed by atoms with Crippen molar-refractivity contribution < 1.29 is 14.6 Å². The molecule has 7 nitrogen and oxygen atoms in total. The number of aryl methyl sites for hydroxylation is 2. The second-order valence-corrected chi connectivity index (χ2v) is 11.8. The normalized spacial score (nSPS) is 14.2. The Hall–Kier alpha value is -4.13. The molecule has 1 fully saturated rings. The largest absolute Gasteiger partial charge is 0.496 e. The average molecular weight is 540 g/mol. The van der Waals surface area contributed by atoms with Crippen molar-refractivity contribution in [2.75, 3.05) is 7.11 Å². The Balaban J connectivity index is 1.19. The Labute approximate surface area is 234 Å². The zero-order valence-corrected chi connectivity index (χ0v) is 23.7. The predicted octanol–water partition coefficient (Wildman–Crippen LogP) is 5.88. The summed E-state index contributed by atoms with van der Waals surface area (Å²) < 4.78 is 6.97. The number of aromatic nitrogens is 3. The number of ether oxygens (including phenoxy) is 1. The summed E-state index contributed by atoms with van der Waals surface area (Å²) in [5.41, 5.74) is 5.35. The van der Waals surface area contributed by atoms with Crippen molar-refractivity contribution in [1.82, 2.24) is 14.8 Å². The minimum Gasteiger partial charge on any atom is -0.496 e. The number of methoxy groups -OCH3 is 1. The highest BCUT2D eigenvalue weighted by Gasteiger charge is 2.53. The van der Waals surface area contributed by atoms with Crippen molar-refractivity contribution in [1.29, 1.82) is 0 Å². The van der Waals surface area contributed by atoms with E-state index in [9.17, 15) is 14.7 Å². The monoisotopic (exact) mass is 539 g/mol. The molecule has 0 amide bonds. The first-order valence-corrected chi connectivity index (χ1v) is 13.9. The molecule has 2 N–H and O–H groups in total. The summed E-state index contributed by atoms with van der Waals surface area (Å²) >= 11 is 0. The number of aromatic amines is 1. The third kappa shape index (κ3) is 5.74. The summed E-state index contributed by atoms with van der Waals surface area (Å²) in [7, 11) is 1.58. The molecule has 3 aromatic carbocycles. The first-order valence-electron chi connectivity index (χ1n) is 13.9. The van der Waals surface area contributed by atoms with Gasteiger partial charge in [0, 0.05) is 12.0 Å². The number of H-pyrrole nitrogens is 1. The molecule has 1 aliphatic carbocycles. The van der Waals surface area contributed by atoms with Crippen molar-refractivity contribution in [2.24, 2.45) is 0 Å². The van der Waals surface area contributed by atoms with E-state index in [0.29, 0.717) is 37.4 Å². The smallest absolute Gasteiger partial charge is 0.343 e. The van der Waals surface area contributed by atoms with Crippen LogP contribution in [0.1, 0.15) is 68.1 Å². The van der Waals surface area contributed by atoms with E-state index in [4.69, 9.17) is 4.74 Å². The van der Waals surface area contributed by atoms with Gasteiger partial charge in [-0.3, -0.25) is 9.78 Å². The molecule has 0 radical (unpaired) electrons. The van der Waals surface area contributed by atoms with Gasteiger partial charge in [-0.05, 0) is 71.0 Å². The van der Waals surface area contributed by atoms with Gasteiger partial charge < -0.3 is 9.84 Å². The third-order valence-corrected chi connectivity index (χ3v) is 7.92. The van der Waals surface area contributed by atoms with E-state index in [1.165, 1.54) is 15.8 Å². The molecular weight excluding hydrogens is 502 g/mol. The van der Waals surface area contributed by atoms with Crippen LogP contribution in [-0.2, 0) is 35.0 Å². The standard InChI is InChI=1S/C33H37N3O4/c1-32(2,3)26-15-10-23(11-16-26)21-36-31(39)34-29(35-36)7-5-6-22-8-12-24(13-9-22)25-14-17-28(40-4)27(20-25)33(18-19-33)30(37)38/h8-17,20H,5-7,18-19,21H2,1-4H3,(H,37,38)(H,34,35,39). The molecule has 0 saturated heterocycles. The van der Waals surface area contributed by atoms with E-state index in [1.54, 1.807) is 7.11 Å². The molecule has 7 heteroatoms. The minimum atomic E-state index is -0.827. The Morgan fingerprint density at radius 1 is 0.975 bits per heavy atom. The topological polar surface area (TPSA) is 97.2 Å². The zero-order chi connectivity index (χ0) is 28.5. The Bertz CT molecular complexity index is 1550. The number of carbonyl (C=O) groups is 1. The number of hydrogen-bond donors (Lipinski definition) is 2. The van der Waals surface area contributed by atoms with Gasteiger partial charge >= 0.3 is 11.7 Å². The molecule has 0 unspecified atom stereocenters. The predicted molar refractivity (Wildman–Crippen MR) is 156 cm³/mol. The van der Waals surface area contributed by atoms with Gasteiger partial charge in [-0.1, -0.05) is 75.4 Å². The van der Waals surface area contributed by atoms with Crippen LogP contribution in [0, 0.1) is 0 Å². The summed E-state index contributed by atoms with van der Waals surface area (Å²) in [4.78, 5) is 27.3. The highest BCUT2D eigenvalue weighted by Crippen LogP contribution is 2.52. The van der Waals surface area contributed by atoms with E-state index in [0.717, 1.165) is 35.1 Å². The third-order valence-electron chi connectivity index (χ3n) is 7.92. The summed E-state index contributed by atoms with van der Waals surface area (Å²) in [6, 6.07) is 22.5. The molecule has 40 heavy (non-hydrogen) atoms. The Morgan fingerprint density at radius 3 is 2.23 bits per heavy atom. The van der Waals surface area contributed by atoms with Crippen LogP contribution in [0.4, 0.5) is 0 Å². The molecular formula is C33H37N3O4. The molecule has 1 saturated carbocycles. The number of benzene rings is 3. The van der Waals surface area contributed by atoms with Crippen LogP contribution in [0.15, 0.2) is 71.5 Å². The van der Waals surface area contributed by atoms with Crippen LogP contribution >= 0.6 is 0 Å². The van der Waals surface area contributed by atoms with Crippen molar-refractivity contribution in [3.8, 4) is 16.9 Å². The summed E-state index contributed by atoms with van der Waals surface area (Å²) in [5.74, 6) is 0.532. The van der Waals surface area contributed by atoms with Crippen LogP contribution < -0.4 is 10.4 Å². The maximum atomic E-state index is 12.4. The van der Waals surface area contributed by atoms with Crippen LogP contribution in [-0.4, -0.2) is 33.0 Å². The molecule has 0 aliphatic heterocycles. The van der Waals surface area contributed by atoms with E-state index < -0.39 is 11.4 Å². The molecule has 0 spiro atoms. The van der Waals surface area contributed by atoms with Crippen molar-refractivity contribution >= 4 is 5.97 Å². The molecule has 0 bridgehead atoms. The zero-order valence-electron chi connectivity index (χ0n) is 23.7. The Kier molecular flexibility index (Phi) is 7.41. The molecule has 1 heterocycles. The molecule has 4 aromatic rings. The highest BCUT2D eigenvalue weighted by molar-refractivity contribution is 5.87. The number of carboxylic acid groups (broad SMARTS) is 1. The number of hydrogen-bond acceptors (Lipinski definition) is 4. The van der Waals surface area contributed by atoms with Gasteiger partial charge in [-0.2, -0.15) is 5.10 Å². The number of nitrogens with one attached hydrogen (secondary N) is 1. The van der Waals surface area contributed by atoms with Gasteiger partial charge in [0.15, 0.2) is 0 Å². The Morgan fingerprint density at radius 2 is 1.62 bits per heavy atom. The van der Waals surface area contributed by atoms with Crippen LogP contribution in [0.25, 0.3) is 11.1 Å². The summed E-state index contributed by atoms with van der Waals surface area (Å²) in [6.45, 7) is 7.00. The molecule has 1 aromatic heterocycles. The fourth-order valence-electron chi connectivity index (χ4n) is 5.22. The minimum absolute atomic E-state index is 0.0931. The van der Waals surface area contributed by atoms with Crippen LogP contribution in [0.2, 0.25) is 0 Å². The van der Waals surface area contributed by atoms with Gasteiger partial charge in [0.05, 0.1) is 19.1 Å². The molecule has 5 rings (SSSR count). The van der Waals surface area contributed by atoms with Gasteiger partial charge in [0.25, 0.3) is 0 Å². The second kappa shape index (κ2) is 10.8. The molecule has 0 atom stereocenters. The van der Waals surface area contributed by atoms with Crippen molar-refractivity contribution in [3.05, 3.63) is 105 Å². The van der Waals surface area contributed by atoms with E-state index in [2.05, 4.69) is 79.4 Å². The van der Waals surface area contributed by atoms with E-state index in [1.807, 2.05) is 18.2 Å². The lowest BCUT2D eigenvalue weighted by molar-refractivity contribution is -0.140. The van der Waals surface area contributed by atoms with Gasteiger partial charge in [-0.25, -0.2) is 9.48 Å². The quantitative estimate of drug-likeness (QED) is 0.262. The van der Waals surface area contributed by atoms with Crippen molar-refractivity contribution in [3.63, 3.8) is 0 Å². The average Bonchev–Trinajstić information content (AvgIpc) is 3.68.